The Morgan fingerprint density at radius 3 is 2.28 bits per heavy atom. The van der Waals surface area contributed by atoms with Crippen molar-refractivity contribution in [1.82, 2.24) is 5.32 Å². The highest BCUT2D eigenvalue weighted by atomic mass is 16.5. The van der Waals surface area contributed by atoms with E-state index in [0.29, 0.717) is 16.7 Å². The fourth-order valence-corrected chi connectivity index (χ4v) is 5.92. The number of carbonyl (C=O) groups is 1. The lowest BCUT2D eigenvalue weighted by atomic mass is 9.48. The molecule has 4 aliphatic rings. The normalized spacial score (nSPS) is 33.5. The second kappa shape index (κ2) is 6.37. The van der Waals surface area contributed by atoms with Crippen LogP contribution in [0.1, 0.15) is 51.0 Å². The van der Waals surface area contributed by atoms with Crippen molar-refractivity contribution in [3.05, 3.63) is 29.8 Å². The maximum atomic E-state index is 12.4. The second-order valence-electron chi connectivity index (χ2n) is 8.49. The molecule has 0 saturated heterocycles. The average Bonchev–Trinajstić information content (AvgIpc) is 2.59. The van der Waals surface area contributed by atoms with Crippen molar-refractivity contribution in [3.63, 3.8) is 0 Å². The van der Waals surface area contributed by atoms with Crippen molar-refractivity contribution in [2.45, 2.75) is 51.5 Å². The molecule has 4 fully saturated rings. The van der Waals surface area contributed by atoms with Crippen molar-refractivity contribution < 1.29 is 9.53 Å². The molecule has 1 atom stereocenters. The van der Waals surface area contributed by atoms with E-state index in [9.17, 15) is 4.79 Å². The number of nitrogens with one attached hydrogen (secondary N) is 1. The van der Waals surface area contributed by atoms with Gasteiger partial charge < -0.3 is 10.1 Å². The molecule has 1 aromatic carbocycles. The number of ether oxygens (including phenoxy) is 1. The summed E-state index contributed by atoms with van der Waals surface area (Å²) in [6.07, 6.45) is 8.12. The van der Waals surface area contributed by atoms with Crippen LogP contribution in [0.3, 0.4) is 0 Å². The molecule has 1 aromatic rings. The van der Waals surface area contributed by atoms with Gasteiger partial charge in [-0.05, 0) is 92.9 Å². The van der Waals surface area contributed by atoms with Gasteiger partial charge in [0.15, 0.2) is 6.61 Å². The number of hydrogen-bond acceptors (Lipinski definition) is 3. The predicted octanol–water partition coefficient (Wildman–Crippen LogP) is 3.66. The van der Waals surface area contributed by atoms with Gasteiger partial charge in [0, 0.05) is 6.04 Å². The van der Waals surface area contributed by atoms with Gasteiger partial charge in [0.05, 0.1) is 11.6 Å². The number of carbonyl (C=O) groups excluding carboxylic acids is 1. The summed E-state index contributed by atoms with van der Waals surface area (Å²) in [5.41, 5.74) is 0.908. The van der Waals surface area contributed by atoms with Crippen LogP contribution in [0.4, 0.5) is 0 Å². The van der Waals surface area contributed by atoms with Gasteiger partial charge >= 0.3 is 0 Å². The van der Waals surface area contributed by atoms with E-state index in [2.05, 4.69) is 18.3 Å². The van der Waals surface area contributed by atoms with E-state index in [4.69, 9.17) is 10.00 Å². The molecular weight excluding hydrogens is 312 g/mol. The summed E-state index contributed by atoms with van der Waals surface area (Å²) in [6.45, 7) is 2.22. The predicted molar refractivity (Wildman–Crippen MR) is 94.9 cm³/mol. The van der Waals surface area contributed by atoms with Crippen molar-refractivity contribution in [2.75, 3.05) is 6.61 Å². The number of nitriles is 1. The topological polar surface area (TPSA) is 62.1 Å². The zero-order chi connectivity index (χ0) is 17.4. The largest absolute Gasteiger partial charge is 0.484 e. The van der Waals surface area contributed by atoms with E-state index < -0.39 is 0 Å². The molecular formula is C21H26N2O2. The summed E-state index contributed by atoms with van der Waals surface area (Å²) in [6, 6.07) is 9.15. The van der Waals surface area contributed by atoms with Gasteiger partial charge in [-0.15, -0.1) is 0 Å². The summed E-state index contributed by atoms with van der Waals surface area (Å²) in [5, 5.41) is 12.0. The minimum atomic E-state index is -0.0485. The maximum absolute atomic E-state index is 12.4. The molecule has 4 bridgehead atoms. The van der Waals surface area contributed by atoms with Gasteiger partial charge in [-0.1, -0.05) is 0 Å². The fourth-order valence-electron chi connectivity index (χ4n) is 5.92. The molecule has 25 heavy (non-hydrogen) atoms. The third-order valence-corrected chi connectivity index (χ3v) is 6.74. The number of nitrogens with zero attached hydrogens (tertiary/aromatic N) is 1. The molecule has 0 aliphatic heterocycles. The molecule has 0 unspecified atom stereocenters. The molecule has 0 spiro atoms. The first kappa shape index (κ1) is 16.4. The lowest BCUT2D eigenvalue weighted by Crippen LogP contribution is -2.56. The molecule has 0 heterocycles. The third-order valence-electron chi connectivity index (χ3n) is 6.74. The Morgan fingerprint density at radius 2 is 1.76 bits per heavy atom. The van der Waals surface area contributed by atoms with Gasteiger partial charge in [-0.3, -0.25) is 4.79 Å². The average molecular weight is 338 g/mol. The Bertz CT molecular complexity index is 654. The Morgan fingerprint density at radius 1 is 1.20 bits per heavy atom. The summed E-state index contributed by atoms with van der Waals surface area (Å²) >= 11 is 0. The minimum absolute atomic E-state index is 0.0304. The summed E-state index contributed by atoms with van der Waals surface area (Å²) in [5.74, 6) is 3.24. The van der Waals surface area contributed by atoms with Crippen molar-refractivity contribution in [1.29, 1.82) is 5.26 Å². The lowest BCUT2D eigenvalue weighted by molar-refractivity contribution is -0.127. The molecule has 1 amide bonds. The molecule has 4 saturated carbocycles. The Balaban J connectivity index is 1.32. The van der Waals surface area contributed by atoms with Crippen LogP contribution < -0.4 is 10.1 Å². The number of benzene rings is 1. The first-order chi connectivity index (χ1) is 12.1. The van der Waals surface area contributed by atoms with Gasteiger partial charge in [0.2, 0.25) is 0 Å². The van der Waals surface area contributed by atoms with Crippen LogP contribution in [0.25, 0.3) is 0 Å². The highest BCUT2D eigenvalue weighted by Crippen LogP contribution is 2.61. The number of hydrogen-bond donors (Lipinski definition) is 1. The van der Waals surface area contributed by atoms with Crippen molar-refractivity contribution >= 4 is 5.91 Å². The Hall–Kier alpha value is -2.02. The summed E-state index contributed by atoms with van der Waals surface area (Å²) in [4.78, 5) is 12.4. The Labute approximate surface area is 149 Å². The van der Waals surface area contributed by atoms with Crippen LogP contribution in [-0.4, -0.2) is 18.6 Å². The van der Waals surface area contributed by atoms with E-state index in [1.807, 2.05) is 0 Å². The zero-order valence-corrected chi connectivity index (χ0v) is 14.8. The molecule has 4 aliphatic carbocycles. The second-order valence-corrected chi connectivity index (χ2v) is 8.49. The van der Waals surface area contributed by atoms with Gasteiger partial charge in [-0.2, -0.15) is 5.26 Å². The molecule has 0 radical (unpaired) electrons. The molecule has 4 nitrogen and oxygen atoms in total. The minimum Gasteiger partial charge on any atom is -0.484 e. The van der Waals surface area contributed by atoms with Gasteiger partial charge in [0.25, 0.3) is 5.91 Å². The SMILES string of the molecule is C[C@@H](NC(=O)COc1ccc(C#N)cc1)C12CC3CC(CC(C3)C1)C2. The first-order valence-corrected chi connectivity index (χ1v) is 9.49. The molecule has 1 N–H and O–H groups in total. The maximum Gasteiger partial charge on any atom is 0.258 e. The third kappa shape index (κ3) is 3.25. The van der Waals surface area contributed by atoms with E-state index >= 15 is 0 Å². The summed E-state index contributed by atoms with van der Waals surface area (Å²) < 4.78 is 5.57. The van der Waals surface area contributed by atoms with E-state index in [0.717, 1.165) is 17.8 Å². The highest BCUT2D eigenvalue weighted by Gasteiger charge is 2.53. The van der Waals surface area contributed by atoms with Crippen molar-refractivity contribution in [3.8, 4) is 11.8 Å². The standard InChI is InChI=1S/C21H26N2O2/c1-14(21-9-16-6-17(10-21)8-18(7-16)11-21)23-20(24)13-25-19-4-2-15(12-22)3-5-19/h2-5,14,16-18H,6-11,13H2,1H3,(H,23,24)/t14-,16?,17?,18?,21?/m1/s1. The number of amides is 1. The zero-order valence-electron chi connectivity index (χ0n) is 14.8. The first-order valence-electron chi connectivity index (χ1n) is 9.49. The van der Waals surface area contributed by atoms with Crippen molar-refractivity contribution in [2.24, 2.45) is 23.2 Å². The van der Waals surface area contributed by atoms with E-state index in [1.54, 1.807) is 24.3 Å². The summed E-state index contributed by atoms with van der Waals surface area (Å²) in [7, 11) is 0. The van der Waals surface area contributed by atoms with Crippen LogP contribution in [0.15, 0.2) is 24.3 Å². The van der Waals surface area contributed by atoms with Crippen LogP contribution >= 0.6 is 0 Å². The molecule has 5 rings (SSSR count). The van der Waals surface area contributed by atoms with E-state index in [1.165, 1.54) is 38.5 Å². The van der Waals surface area contributed by atoms with Gasteiger partial charge in [0.1, 0.15) is 5.75 Å². The monoisotopic (exact) mass is 338 g/mol. The van der Waals surface area contributed by atoms with Crippen LogP contribution in [0.2, 0.25) is 0 Å². The lowest BCUT2D eigenvalue weighted by Gasteiger charge is -2.59. The van der Waals surface area contributed by atoms with Crippen LogP contribution in [0.5, 0.6) is 5.75 Å². The number of rotatable bonds is 5. The smallest absolute Gasteiger partial charge is 0.258 e. The van der Waals surface area contributed by atoms with E-state index in [-0.39, 0.29) is 18.6 Å². The van der Waals surface area contributed by atoms with Crippen LogP contribution in [-0.2, 0) is 4.79 Å². The van der Waals surface area contributed by atoms with Gasteiger partial charge in [-0.25, -0.2) is 0 Å². The fraction of sp³-hybridized carbons (Fsp3) is 0.619. The quantitative estimate of drug-likeness (QED) is 0.891. The van der Waals surface area contributed by atoms with Crippen LogP contribution in [0, 0.1) is 34.5 Å². The molecule has 0 aromatic heterocycles. The highest BCUT2D eigenvalue weighted by molar-refractivity contribution is 5.77. The molecule has 132 valence electrons. The Kier molecular flexibility index (Phi) is 4.19. The molecule has 4 heteroatoms.